The van der Waals surface area contributed by atoms with Crippen molar-refractivity contribution in [3.63, 3.8) is 0 Å². The summed E-state index contributed by atoms with van der Waals surface area (Å²) in [5.41, 5.74) is 0. The Kier molecular flexibility index (Phi) is 4.01. The monoisotopic (exact) mass is 228 g/mol. The molecule has 0 spiro atoms. The Morgan fingerprint density at radius 3 is 2.69 bits per heavy atom. The number of nitrogens with one attached hydrogen (secondary N) is 1. The fraction of sp³-hybridized carbons (Fsp3) is 0.909. The van der Waals surface area contributed by atoms with Crippen molar-refractivity contribution < 1.29 is 14.6 Å². The van der Waals surface area contributed by atoms with Gasteiger partial charge in [-0.25, -0.2) is 4.79 Å². The second-order valence-corrected chi connectivity index (χ2v) is 4.66. The van der Waals surface area contributed by atoms with Crippen molar-refractivity contribution in [2.24, 2.45) is 5.92 Å². The number of carboxylic acid groups (broad SMARTS) is 1. The van der Waals surface area contributed by atoms with Crippen LogP contribution in [-0.4, -0.2) is 55.0 Å². The van der Waals surface area contributed by atoms with Gasteiger partial charge < -0.3 is 20.1 Å². The largest absolute Gasteiger partial charge is 0.465 e. The lowest BCUT2D eigenvalue weighted by Crippen LogP contribution is -2.54. The Balaban J connectivity index is 1.51. The van der Waals surface area contributed by atoms with Crippen LogP contribution >= 0.6 is 0 Å². The lowest BCUT2D eigenvalue weighted by atomic mass is 9.95. The minimum atomic E-state index is -0.835. The highest BCUT2D eigenvalue weighted by atomic mass is 16.5. The molecular formula is C11H20N2O3. The maximum absolute atomic E-state index is 10.5. The SMILES string of the molecule is O=C(O)N1CC(OCCC2CCNCC2)C1. The summed E-state index contributed by atoms with van der Waals surface area (Å²) in [6, 6.07) is 0. The van der Waals surface area contributed by atoms with Crippen LogP contribution in [-0.2, 0) is 4.74 Å². The second kappa shape index (κ2) is 5.50. The van der Waals surface area contributed by atoms with Crippen molar-refractivity contribution in [1.29, 1.82) is 0 Å². The van der Waals surface area contributed by atoms with Gasteiger partial charge >= 0.3 is 6.09 Å². The third-order valence-electron chi connectivity index (χ3n) is 3.46. The highest BCUT2D eigenvalue weighted by molar-refractivity contribution is 5.66. The van der Waals surface area contributed by atoms with Crippen LogP contribution in [0.4, 0.5) is 4.79 Å². The number of hydrogen-bond acceptors (Lipinski definition) is 3. The quantitative estimate of drug-likeness (QED) is 0.745. The average molecular weight is 228 g/mol. The predicted molar refractivity (Wildman–Crippen MR) is 59.5 cm³/mol. The van der Waals surface area contributed by atoms with E-state index in [2.05, 4.69) is 5.32 Å². The van der Waals surface area contributed by atoms with Crippen molar-refractivity contribution in [3.8, 4) is 0 Å². The number of nitrogens with zero attached hydrogens (tertiary/aromatic N) is 1. The molecule has 0 aromatic heterocycles. The third-order valence-corrected chi connectivity index (χ3v) is 3.46. The number of ether oxygens (including phenoxy) is 1. The number of amides is 1. The molecule has 0 aromatic rings. The molecule has 2 fully saturated rings. The molecule has 0 aliphatic carbocycles. The average Bonchev–Trinajstić information content (AvgIpc) is 2.22. The Morgan fingerprint density at radius 1 is 1.38 bits per heavy atom. The second-order valence-electron chi connectivity index (χ2n) is 4.66. The Hall–Kier alpha value is -0.810. The number of likely N-dealkylation sites (tertiary alicyclic amines) is 1. The summed E-state index contributed by atoms with van der Waals surface area (Å²) in [5, 5.41) is 12.0. The molecular weight excluding hydrogens is 208 g/mol. The summed E-state index contributed by atoms with van der Waals surface area (Å²) < 4.78 is 5.64. The lowest BCUT2D eigenvalue weighted by Gasteiger charge is -2.37. The molecule has 2 heterocycles. The van der Waals surface area contributed by atoms with Gasteiger partial charge in [0, 0.05) is 6.61 Å². The van der Waals surface area contributed by atoms with E-state index in [4.69, 9.17) is 9.84 Å². The van der Waals surface area contributed by atoms with Crippen molar-refractivity contribution in [3.05, 3.63) is 0 Å². The minimum absolute atomic E-state index is 0.137. The molecule has 2 N–H and O–H groups in total. The molecule has 0 aromatic carbocycles. The van der Waals surface area contributed by atoms with Gasteiger partial charge in [0.05, 0.1) is 19.2 Å². The Labute approximate surface area is 95.8 Å². The predicted octanol–water partition coefficient (Wildman–Crippen LogP) is 0.755. The van der Waals surface area contributed by atoms with Crippen LogP contribution in [0.25, 0.3) is 0 Å². The number of rotatable bonds is 4. The van der Waals surface area contributed by atoms with E-state index in [1.165, 1.54) is 17.7 Å². The summed E-state index contributed by atoms with van der Waals surface area (Å²) in [7, 11) is 0. The van der Waals surface area contributed by atoms with Crippen LogP contribution < -0.4 is 5.32 Å². The van der Waals surface area contributed by atoms with Crippen molar-refractivity contribution in [2.75, 3.05) is 32.8 Å². The van der Waals surface area contributed by atoms with E-state index >= 15 is 0 Å². The zero-order chi connectivity index (χ0) is 11.4. The highest BCUT2D eigenvalue weighted by Gasteiger charge is 2.31. The molecule has 5 nitrogen and oxygen atoms in total. The molecule has 1 amide bonds. The number of hydrogen-bond donors (Lipinski definition) is 2. The normalized spacial score (nSPS) is 23.1. The van der Waals surface area contributed by atoms with Crippen LogP contribution in [0.1, 0.15) is 19.3 Å². The zero-order valence-electron chi connectivity index (χ0n) is 9.52. The van der Waals surface area contributed by atoms with Gasteiger partial charge in [-0.1, -0.05) is 0 Å². The van der Waals surface area contributed by atoms with Gasteiger partial charge in [-0.3, -0.25) is 0 Å². The topological polar surface area (TPSA) is 61.8 Å². The first-order valence-corrected chi connectivity index (χ1v) is 6.06. The van der Waals surface area contributed by atoms with Crippen LogP contribution in [0.2, 0.25) is 0 Å². The first-order valence-electron chi connectivity index (χ1n) is 6.06. The zero-order valence-corrected chi connectivity index (χ0v) is 9.52. The Bertz CT molecular complexity index is 235. The van der Waals surface area contributed by atoms with Gasteiger partial charge in [0.15, 0.2) is 0 Å². The fourth-order valence-electron chi connectivity index (χ4n) is 2.27. The molecule has 92 valence electrons. The maximum Gasteiger partial charge on any atom is 0.407 e. The van der Waals surface area contributed by atoms with E-state index in [-0.39, 0.29) is 6.10 Å². The van der Waals surface area contributed by atoms with Crippen LogP contribution in [0.3, 0.4) is 0 Å². The highest BCUT2D eigenvalue weighted by Crippen LogP contribution is 2.17. The van der Waals surface area contributed by atoms with Gasteiger partial charge in [0.1, 0.15) is 0 Å². The van der Waals surface area contributed by atoms with Gasteiger partial charge in [-0.2, -0.15) is 0 Å². The van der Waals surface area contributed by atoms with Crippen molar-refractivity contribution in [1.82, 2.24) is 10.2 Å². The standard InChI is InChI=1S/C11H20N2O3/c14-11(15)13-7-10(8-13)16-6-3-9-1-4-12-5-2-9/h9-10,12H,1-8H2,(H,14,15). The molecule has 0 unspecified atom stereocenters. The third kappa shape index (κ3) is 3.09. The summed E-state index contributed by atoms with van der Waals surface area (Å²) in [4.78, 5) is 11.9. The molecule has 2 aliphatic heterocycles. The molecule has 5 heteroatoms. The van der Waals surface area contributed by atoms with E-state index in [0.29, 0.717) is 13.1 Å². The van der Waals surface area contributed by atoms with Gasteiger partial charge in [-0.15, -0.1) is 0 Å². The lowest BCUT2D eigenvalue weighted by molar-refractivity contribution is -0.0484. The van der Waals surface area contributed by atoms with Crippen LogP contribution in [0.15, 0.2) is 0 Å². The fourth-order valence-corrected chi connectivity index (χ4v) is 2.27. The summed E-state index contributed by atoms with van der Waals surface area (Å²) >= 11 is 0. The molecule has 0 atom stereocenters. The number of piperidine rings is 1. The van der Waals surface area contributed by atoms with E-state index in [1.54, 1.807) is 0 Å². The van der Waals surface area contributed by atoms with E-state index < -0.39 is 6.09 Å². The summed E-state index contributed by atoms with van der Waals surface area (Å²) in [5.74, 6) is 0.789. The molecule has 0 bridgehead atoms. The Morgan fingerprint density at radius 2 is 2.06 bits per heavy atom. The van der Waals surface area contributed by atoms with Crippen molar-refractivity contribution >= 4 is 6.09 Å². The molecule has 2 aliphatic rings. The maximum atomic E-state index is 10.5. The van der Waals surface area contributed by atoms with Gasteiger partial charge in [-0.05, 0) is 38.3 Å². The van der Waals surface area contributed by atoms with E-state index in [1.807, 2.05) is 0 Å². The van der Waals surface area contributed by atoms with E-state index in [0.717, 1.165) is 32.0 Å². The molecule has 2 rings (SSSR count). The minimum Gasteiger partial charge on any atom is -0.465 e. The van der Waals surface area contributed by atoms with E-state index in [9.17, 15) is 4.79 Å². The first kappa shape index (κ1) is 11.7. The van der Waals surface area contributed by atoms with Gasteiger partial charge in [0.25, 0.3) is 0 Å². The molecule has 0 radical (unpaired) electrons. The smallest absolute Gasteiger partial charge is 0.407 e. The van der Waals surface area contributed by atoms with Crippen LogP contribution in [0, 0.1) is 5.92 Å². The molecule has 2 saturated heterocycles. The number of carbonyl (C=O) groups is 1. The molecule has 16 heavy (non-hydrogen) atoms. The van der Waals surface area contributed by atoms with Gasteiger partial charge in [0.2, 0.25) is 0 Å². The van der Waals surface area contributed by atoms with Crippen molar-refractivity contribution in [2.45, 2.75) is 25.4 Å². The first-order chi connectivity index (χ1) is 7.75. The molecule has 0 saturated carbocycles. The summed E-state index contributed by atoms with van der Waals surface area (Å²) in [6.07, 6.45) is 2.91. The summed E-state index contributed by atoms with van der Waals surface area (Å²) in [6.45, 7) is 4.12. The van der Waals surface area contributed by atoms with Crippen LogP contribution in [0.5, 0.6) is 0 Å².